The van der Waals surface area contributed by atoms with Gasteiger partial charge in [-0.25, -0.2) is 0 Å². The van der Waals surface area contributed by atoms with Crippen LogP contribution in [-0.2, 0) is 4.74 Å². The van der Waals surface area contributed by atoms with Gasteiger partial charge in [0.2, 0.25) is 0 Å². The monoisotopic (exact) mass is 175 g/mol. The van der Waals surface area contributed by atoms with Gasteiger partial charge in [-0.15, -0.1) is 0 Å². The number of methoxy groups -OCH3 is 1. The van der Waals surface area contributed by atoms with Crippen molar-refractivity contribution >= 4 is 0 Å². The Hall–Kier alpha value is -0.120. The molecule has 0 fully saturated rings. The standard InChI is InChI=1S/C9H21NO2/c1-4-8(7-10)9(2,11)5-6-12-3/h8,11H,4-7,10H2,1-3H3. The zero-order valence-corrected chi connectivity index (χ0v) is 8.34. The van der Waals surface area contributed by atoms with Gasteiger partial charge in [0.1, 0.15) is 0 Å². The van der Waals surface area contributed by atoms with Crippen molar-refractivity contribution in [1.82, 2.24) is 0 Å². The summed E-state index contributed by atoms with van der Waals surface area (Å²) in [4.78, 5) is 0. The molecule has 0 radical (unpaired) electrons. The van der Waals surface area contributed by atoms with Crippen LogP contribution in [0.4, 0.5) is 0 Å². The lowest BCUT2D eigenvalue weighted by molar-refractivity contribution is -0.0243. The molecular formula is C9H21NO2. The Bertz CT molecular complexity index is 111. The first-order valence-electron chi connectivity index (χ1n) is 4.49. The fraction of sp³-hybridized carbons (Fsp3) is 1.00. The second-order valence-corrected chi connectivity index (χ2v) is 3.44. The molecular weight excluding hydrogens is 154 g/mol. The Balaban J connectivity index is 3.96. The molecule has 3 heteroatoms. The van der Waals surface area contributed by atoms with Gasteiger partial charge in [0, 0.05) is 13.7 Å². The zero-order chi connectivity index (χ0) is 9.61. The summed E-state index contributed by atoms with van der Waals surface area (Å²) in [5.74, 6) is 0.174. The summed E-state index contributed by atoms with van der Waals surface area (Å²) < 4.78 is 4.92. The minimum absolute atomic E-state index is 0.174. The van der Waals surface area contributed by atoms with Crippen LogP contribution in [-0.4, -0.2) is 31.0 Å². The fourth-order valence-electron chi connectivity index (χ4n) is 1.37. The van der Waals surface area contributed by atoms with Crippen molar-refractivity contribution in [2.45, 2.75) is 32.3 Å². The van der Waals surface area contributed by atoms with Gasteiger partial charge in [-0.2, -0.15) is 0 Å². The Morgan fingerprint density at radius 3 is 2.50 bits per heavy atom. The van der Waals surface area contributed by atoms with E-state index >= 15 is 0 Å². The summed E-state index contributed by atoms with van der Waals surface area (Å²) in [7, 11) is 1.64. The molecule has 0 saturated carbocycles. The molecule has 0 amide bonds. The molecule has 0 spiro atoms. The van der Waals surface area contributed by atoms with E-state index in [9.17, 15) is 5.11 Å². The molecule has 0 saturated heterocycles. The molecule has 3 nitrogen and oxygen atoms in total. The Kier molecular flexibility index (Phi) is 5.46. The van der Waals surface area contributed by atoms with Crippen molar-refractivity contribution in [3.05, 3.63) is 0 Å². The van der Waals surface area contributed by atoms with Crippen LogP contribution >= 0.6 is 0 Å². The van der Waals surface area contributed by atoms with E-state index < -0.39 is 5.60 Å². The van der Waals surface area contributed by atoms with E-state index in [1.807, 2.05) is 13.8 Å². The highest BCUT2D eigenvalue weighted by Crippen LogP contribution is 2.22. The van der Waals surface area contributed by atoms with Gasteiger partial charge in [-0.1, -0.05) is 6.92 Å². The third-order valence-corrected chi connectivity index (χ3v) is 2.47. The maximum Gasteiger partial charge on any atom is 0.0681 e. The van der Waals surface area contributed by atoms with Crippen LogP contribution in [0.15, 0.2) is 0 Å². The van der Waals surface area contributed by atoms with Crippen molar-refractivity contribution < 1.29 is 9.84 Å². The van der Waals surface area contributed by atoms with E-state index in [4.69, 9.17) is 10.5 Å². The van der Waals surface area contributed by atoms with Crippen LogP contribution in [0, 0.1) is 5.92 Å². The van der Waals surface area contributed by atoms with Crippen LogP contribution in [0.1, 0.15) is 26.7 Å². The molecule has 0 aliphatic carbocycles. The summed E-state index contributed by atoms with van der Waals surface area (Å²) in [5, 5.41) is 9.95. The minimum Gasteiger partial charge on any atom is -0.390 e. The number of rotatable bonds is 6. The van der Waals surface area contributed by atoms with Gasteiger partial charge in [0.05, 0.1) is 5.60 Å². The molecule has 0 heterocycles. The van der Waals surface area contributed by atoms with E-state index in [0.717, 1.165) is 6.42 Å². The summed E-state index contributed by atoms with van der Waals surface area (Å²) in [5.41, 5.74) is 4.86. The molecule has 0 aromatic heterocycles. The topological polar surface area (TPSA) is 55.5 Å². The van der Waals surface area contributed by atoms with Gasteiger partial charge in [0.15, 0.2) is 0 Å². The molecule has 74 valence electrons. The van der Waals surface area contributed by atoms with Crippen molar-refractivity contribution in [2.24, 2.45) is 11.7 Å². The van der Waals surface area contributed by atoms with E-state index in [1.54, 1.807) is 7.11 Å². The SMILES string of the molecule is CCC(CN)C(C)(O)CCOC. The molecule has 0 bridgehead atoms. The lowest BCUT2D eigenvalue weighted by atomic mass is 9.85. The normalized spacial score (nSPS) is 18.8. The first-order chi connectivity index (χ1) is 5.58. The molecule has 0 aromatic rings. The average Bonchev–Trinajstić information content (AvgIpc) is 2.03. The number of ether oxygens (including phenoxy) is 1. The lowest BCUT2D eigenvalue weighted by Crippen LogP contribution is -2.39. The minimum atomic E-state index is -0.681. The molecule has 3 N–H and O–H groups in total. The number of nitrogens with two attached hydrogens (primary N) is 1. The molecule has 0 aromatic carbocycles. The molecule has 0 rings (SSSR count). The van der Waals surface area contributed by atoms with Crippen LogP contribution in [0.3, 0.4) is 0 Å². The van der Waals surface area contributed by atoms with E-state index in [-0.39, 0.29) is 5.92 Å². The van der Waals surface area contributed by atoms with Gasteiger partial charge in [-0.3, -0.25) is 0 Å². The lowest BCUT2D eigenvalue weighted by Gasteiger charge is -2.31. The van der Waals surface area contributed by atoms with Gasteiger partial charge >= 0.3 is 0 Å². The smallest absolute Gasteiger partial charge is 0.0681 e. The average molecular weight is 175 g/mol. The summed E-state index contributed by atoms with van der Waals surface area (Å²) in [6.45, 7) is 4.99. The van der Waals surface area contributed by atoms with E-state index in [1.165, 1.54) is 0 Å². The fourth-order valence-corrected chi connectivity index (χ4v) is 1.37. The molecule has 2 unspecified atom stereocenters. The Morgan fingerprint density at radius 2 is 2.17 bits per heavy atom. The Morgan fingerprint density at radius 1 is 1.58 bits per heavy atom. The number of hydrogen-bond acceptors (Lipinski definition) is 3. The highest BCUT2D eigenvalue weighted by atomic mass is 16.5. The van der Waals surface area contributed by atoms with E-state index in [0.29, 0.717) is 19.6 Å². The largest absolute Gasteiger partial charge is 0.390 e. The van der Waals surface area contributed by atoms with Gasteiger partial charge < -0.3 is 15.6 Å². The van der Waals surface area contributed by atoms with Gasteiger partial charge in [0.25, 0.3) is 0 Å². The maximum atomic E-state index is 9.95. The van der Waals surface area contributed by atoms with Crippen molar-refractivity contribution in [3.8, 4) is 0 Å². The van der Waals surface area contributed by atoms with Crippen LogP contribution in [0.5, 0.6) is 0 Å². The van der Waals surface area contributed by atoms with Crippen LogP contribution in [0.25, 0.3) is 0 Å². The third kappa shape index (κ3) is 3.52. The predicted molar refractivity (Wildman–Crippen MR) is 50.0 cm³/mol. The first kappa shape index (κ1) is 11.9. The van der Waals surface area contributed by atoms with Gasteiger partial charge in [-0.05, 0) is 32.2 Å². The number of hydrogen-bond donors (Lipinski definition) is 2. The van der Waals surface area contributed by atoms with Crippen molar-refractivity contribution in [2.75, 3.05) is 20.3 Å². The highest BCUT2D eigenvalue weighted by Gasteiger charge is 2.28. The second-order valence-electron chi connectivity index (χ2n) is 3.44. The molecule has 0 aliphatic heterocycles. The third-order valence-electron chi connectivity index (χ3n) is 2.47. The first-order valence-corrected chi connectivity index (χ1v) is 4.49. The van der Waals surface area contributed by atoms with E-state index in [2.05, 4.69) is 0 Å². The molecule has 12 heavy (non-hydrogen) atoms. The highest BCUT2D eigenvalue weighted by molar-refractivity contribution is 4.81. The quantitative estimate of drug-likeness (QED) is 0.626. The summed E-state index contributed by atoms with van der Waals surface area (Å²) in [6, 6.07) is 0. The Labute approximate surface area is 74.9 Å². The zero-order valence-electron chi connectivity index (χ0n) is 8.34. The summed E-state index contributed by atoms with van der Waals surface area (Å²) in [6.07, 6.45) is 1.56. The molecule has 0 aliphatic rings. The van der Waals surface area contributed by atoms with Crippen LogP contribution < -0.4 is 5.73 Å². The molecule has 2 atom stereocenters. The second kappa shape index (κ2) is 5.51. The maximum absolute atomic E-state index is 9.95. The number of aliphatic hydroxyl groups is 1. The summed E-state index contributed by atoms with van der Waals surface area (Å²) >= 11 is 0. The predicted octanol–water partition coefficient (Wildman–Crippen LogP) is 0.759. The van der Waals surface area contributed by atoms with Crippen molar-refractivity contribution in [3.63, 3.8) is 0 Å². The van der Waals surface area contributed by atoms with Crippen molar-refractivity contribution in [1.29, 1.82) is 0 Å². The van der Waals surface area contributed by atoms with Crippen LogP contribution in [0.2, 0.25) is 0 Å².